The second-order valence-corrected chi connectivity index (χ2v) is 8.13. The number of rotatable bonds is 9. The minimum atomic E-state index is -0.329. The Kier molecular flexibility index (Phi) is 8.54. The van der Waals surface area contributed by atoms with Crippen molar-refractivity contribution in [2.75, 3.05) is 32.8 Å². The Morgan fingerprint density at radius 1 is 1.16 bits per heavy atom. The molecule has 1 aromatic rings. The van der Waals surface area contributed by atoms with E-state index in [1.54, 1.807) is 12.1 Å². The van der Waals surface area contributed by atoms with Crippen LogP contribution >= 0.6 is 0 Å². The Bertz CT molecular complexity index is 774. The molecule has 0 spiro atoms. The number of hydrogen-bond donors (Lipinski definition) is 1. The van der Waals surface area contributed by atoms with E-state index in [0.29, 0.717) is 24.6 Å². The van der Waals surface area contributed by atoms with Crippen molar-refractivity contribution in [2.24, 2.45) is 11.0 Å². The first-order chi connectivity index (χ1) is 15.0. The number of hydrogen-bond acceptors (Lipinski definition) is 5. The fourth-order valence-electron chi connectivity index (χ4n) is 4.29. The van der Waals surface area contributed by atoms with Gasteiger partial charge in [-0.25, -0.2) is 9.40 Å². The molecule has 31 heavy (non-hydrogen) atoms. The highest BCUT2D eigenvalue weighted by Gasteiger charge is 2.29. The van der Waals surface area contributed by atoms with Crippen molar-refractivity contribution >= 4 is 17.5 Å². The molecule has 0 saturated carbocycles. The fraction of sp³-hybridized carbons (Fsp3) is 0.609. The summed E-state index contributed by atoms with van der Waals surface area (Å²) in [5.41, 5.74) is 1.13. The lowest BCUT2D eigenvalue weighted by Gasteiger charge is -2.38. The number of benzene rings is 1. The zero-order chi connectivity index (χ0) is 22.2. The number of ether oxygens (including phenoxy) is 1. The zero-order valence-corrected chi connectivity index (χ0v) is 18.5. The molecule has 8 heteroatoms. The van der Waals surface area contributed by atoms with Crippen molar-refractivity contribution in [3.05, 3.63) is 35.6 Å². The highest BCUT2D eigenvalue weighted by atomic mass is 19.1. The highest BCUT2D eigenvalue weighted by Crippen LogP contribution is 2.20. The van der Waals surface area contributed by atoms with Crippen molar-refractivity contribution in [3.8, 4) is 0 Å². The third-order valence-electron chi connectivity index (χ3n) is 6.19. The second kappa shape index (κ2) is 11.3. The number of carbonyl (C=O) groups is 2. The molecular formula is C23H33FN4O3. The van der Waals surface area contributed by atoms with Gasteiger partial charge in [0, 0.05) is 38.5 Å². The summed E-state index contributed by atoms with van der Waals surface area (Å²) in [4.78, 5) is 27.5. The average Bonchev–Trinajstić information content (AvgIpc) is 2.80. The highest BCUT2D eigenvalue weighted by molar-refractivity contribution is 6.39. The van der Waals surface area contributed by atoms with Crippen LogP contribution in [-0.2, 0) is 20.9 Å². The van der Waals surface area contributed by atoms with Gasteiger partial charge in [-0.2, -0.15) is 5.10 Å². The zero-order valence-electron chi connectivity index (χ0n) is 18.5. The lowest BCUT2D eigenvalue weighted by molar-refractivity contribution is -0.132. The molecule has 170 valence electrons. The van der Waals surface area contributed by atoms with Crippen LogP contribution in [0.15, 0.2) is 29.4 Å². The Hall–Kier alpha value is -2.32. The molecule has 0 radical (unpaired) electrons. The van der Waals surface area contributed by atoms with Crippen LogP contribution in [0, 0.1) is 11.7 Å². The molecular weight excluding hydrogens is 399 g/mol. The summed E-state index contributed by atoms with van der Waals surface area (Å²) >= 11 is 0. The fourth-order valence-corrected chi connectivity index (χ4v) is 4.29. The maximum Gasteiger partial charge on any atom is 0.267 e. The van der Waals surface area contributed by atoms with E-state index in [2.05, 4.69) is 29.2 Å². The summed E-state index contributed by atoms with van der Waals surface area (Å²) in [6.07, 6.45) is 2.68. The van der Waals surface area contributed by atoms with Crippen molar-refractivity contribution in [1.29, 1.82) is 0 Å². The first-order valence-electron chi connectivity index (χ1n) is 11.2. The van der Waals surface area contributed by atoms with Gasteiger partial charge in [0.05, 0.1) is 19.8 Å². The van der Waals surface area contributed by atoms with Crippen molar-refractivity contribution < 1.29 is 18.7 Å². The van der Waals surface area contributed by atoms with Crippen LogP contribution < -0.4 is 5.32 Å². The predicted molar refractivity (Wildman–Crippen MR) is 117 cm³/mol. The number of hydrazone groups is 1. The van der Waals surface area contributed by atoms with E-state index >= 15 is 0 Å². The topological polar surface area (TPSA) is 74.2 Å². The van der Waals surface area contributed by atoms with Crippen LogP contribution in [0.4, 0.5) is 4.39 Å². The van der Waals surface area contributed by atoms with Crippen LogP contribution in [0.3, 0.4) is 0 Å². The molecule has 0 aliphatic carbocycles. The monoisotopic (exact) mass is 432 g/mol. The number of nitrogens with one attached hydrogen (secondary N) is 1. The SMILES string of the molecule is CCC(CC)C(CNC(=O)C1=NN(Cc2ccc(F)cc2)C(=O)CC1)N1CCOCC1. The largest absolute Gasteiger partial charge is 0.379 e. The van der Waals surface area contributed by atoms with Gasteiger partial charge in [-0.15, -0.1) is 0 Å². The van der Waals surface area contributed by atoms with Gasteiger partial charge in [0.25, 0.3) is 5.91 Å². The standard InChI is InChI=1S/C23H33FN4O3/c1-3-18(4-2)21(27-11-13-31-14-12-27)15-25-23(30)20-9-10-22(29)28(26-20)16-17-5-7-19(24)8-6-17/h5-8,18,21H,3-4,9-16H2,1-2H3,(H,25,30). The number of morpholine rings is 1. The van der Waals surface area contributed by atoms with E-state index in [1.165, 1.54) is 17.1 Å². The summed E-state index contributed by atoms with van der Waals surface area (Å²) in [6.45, 7) is 8.34. The molecule has 0 aromatic heterocycles. The predicted octanol–water partition coefficient (Wildman–Crippen LogP) is 2.56. The minimum Gasteiger partial charge on any atom is -0.379 e. The molecule has 1 fully saturated rings. The molecule has 1 aromatic carbocycles. The van der Waals surface area contributed by atoms with E-state index in [4.69, 9.17) is 4.74 Å². The number of carbonyl (C=O) groups excluding carboxylic acids is 2. The maximum absolute atomic E-state index is 13.1. The molecule has 3 rings (SSSR count). The van der Waals surface area contributed by atoms with Gasteiger partial charge in [-0.3, -0.25) is 14.5 Å². The van der Waals surface area contributed by atoms with Gasteiger partial charge in [0.2, 0.25) is 5.91 Å². The first-order valence-corrected chi connectivity index (χ1v) is 11.2. The quantitative estimate of drug-likeness (QED) is 0.651. The maximum atomic E-state index is 13.1. The van der Waals surface area contributed by atoms with Crippen LogP contribution in [0.5, 0.6) is 0 Å². The number of amides is 2. The van der Waals surface area contributed by atoms with E-state index in [9.17, 15) is 14.0 Å². The smallest absolute Gasteiger partial charge is 0.267 e. The van der Waals surface area contributed by atoms with Gasteiger partial charge >= 0.3 is 0 Å². The molecule has 2 aliphatic rings. The summed E-state index contributed by atoms with van der Waals surface area (Å²) in [5, 5.41) is 8.69. The van der Waals surface area contributed by atoms with E-state index in [0.717, 1.165) is 44.7 Å². The minimum absolute atomic E-state index is 0.135. The lowest BCUT2D eigenvalue weighted by atomic mass is 9.92. The lowest BCUT2D eigenvalue weighted by Crippen LogP contribution is -2.53. The Balaban J connectivity index is 1.64. The van der Waals surface area contributed by atoms with Crippen molar-refractivity contribution in [3.63, 3.8) is 0 Å². The first kappa shape index (κ1) is 23.3. The van der Waals surface area contributed by atoms with E-state index in [-0.39, 0.29) is 36.6 Å². The van der Waals surface area contributed by atoms with Gasteiger partial charge in [0.1, 0.15) is 11.5 Å². The molecule has 0 bridgehead atoms. The third kappa shape index (κ3) is 6.33. The van der Waals surface area contributed by atoms with Gasteiger partial charge < -0.3 is 10.1 Å². The summed E-state index contributed by atoms with van der Waals surface area (Å²) < 4.78 is 18.6. The van der Waals surface area contributed by atoms with Crippen molar-refractivity contribution in [2.45, 2.75) is 52.1 Å². The molecule has 2 amide bonds. The van der Waals surface area contributed by atoms with Crippen LogP contribution in [0.2, 0.25) is 0 Å². The Morgan fingerprint density at radius 3 is 2.48 bits per heavy atom. The van der Waals surface area contributed by atoms with Crippen LogP contribution in [-0.4, -0.2) is 66.3 Å². The Labute approximate surface area is 183 Å². The molecule has 1 N–H and O–H groups in total. The van der Waals surface area contributed by atoms with Crippen molar-refractivity contribution in [1.82, 2.24) is 15.2 Å². The number of nitrogens with zero attached hydrogens (tertiary/aromatic N) is 3. The van der Waals surface area contributed by atoms with Gasteiger partial charge in [-0.1, -0.05) is 38.8 Å². The Morgan fingerprint density at radius 2 is 1.84 bits per heavy atom. The molecule has 7 nitrogen and oxygen atoms in total. The molecule has 1 saturated heterocycles. The molecule has 1 unspecified atom stereocenters. The van der Waals surface area contributed by atoms with Crippen LogP contribution in [0.1, 0.15) is 45.1 Å². The van der Waals surface area contributed by atoms with Gasteiger partial charge in [0.15, 0.2) is 0 Å². The number of halogens is 1. The third-order valence-corrected chi connectivity index (χ3v) is 6.19. The molecule has 2 aliphatic heterocycles. The molecule has 1 atom stereocenters. The van der Waals surface area contributed by atoms with Crippen LogP contribution in [0.25, 0.3) is 0 Å². The summed E-state index contributed by atoms with van der Waals surface area (Å²) in [7, 11) is 0. The van der Waals surface area contributed by atoms with Gasteiger partial charge in [-0.05, 0) is 23.6 Å². The normalized spacial score (nSPS) is 18.8. The average molecular weight is 433 g/mol. The summed E-state index contributed by atoms with van der Waals surface area (Å²) in [5.74, 6) is -0.197. The van der Waals surface area contributed by atoms with E-state index < -0.39 is 0 Å². The second-order valence-electron chi connectivity index (χ2n) is 8.13. The molecule has 2 heterocycles. The summed E-state index contributed by atoms with van der Waals surface area (Å²) in [6, 6.07) is 6.20. The van der Waals surface area contributed by atoms with E-state index in [1.807, 2.05) is 0 Å².